The van der Waals surface area contributed by atoms with Gasteiger partial charge in [-0.15, -0.1) is 34.0 Å². The predicted molar refractivity (Wildman–Crippen MR) is 256 cm³/mol. The van der Waals surface area contributed by atoms with Crippen molar-refractivity contribution in [2.45, 2.75) is 0 Å². The molecule has 272 valence electrons. The molecule has 1 nitrogen and oxygen atoms in total. The van der Waals surface area contributed by atoms with Crippen molar-refractivity contribution >= 4 is 112 Å². The number of benzene rings is 9. The van der Waals surface area contributed by atoms with E-state index in [4.69, 9.17) is 0 Å². The van der Waals surface area contributed by atoms with Crippen molar-refractivity contribution in [3.05, 3.63) is 200 Å². The zero-order chi connectivity index (χ0) is 38.2. The molecule has 0 amide bonds. The van der Waals surface area contributed by atoms with Crippen LogP contribution in [0.3, 0.4) is 0 Å². The first kappa shape index (κ1) is 33.6. The molecule has 12 rings (SSSR count). The van der Waals surface area contributed by atoms with Gasteiger partial charge in [0.25, 0.3) is 0 Å². The third-order valence-electron chi connectivity index (χ3n) is 11.5. The van der Waals surface area contributed by atoms with Crippen LogP contribution in [-0.2, 0) is 0 Å². The number of fused-ring (bicyclic) bond motifs is 9. The van der Waals surface area contributed by atoms with Crippen LogP contribution < -0.4 is 4.90 Å². The SMILES string of the molecule is c1ccc2c(c1)sc1ccc(-c3ccc(N(c4ccc(-c5ccc6sc7ccccc7c6c5)cc4)c4ccc(-c5ccc6sc7ccccc7c6c5)cc4)cc3)cc12. The summed E-state index contributed by atoms with van der Waals surface area (Å²) in [5.41, 5.74) is 10.7. The van der Waals surface area contributed by atoms with Crippen molar-refractivity contribution in [2.24, 2.45) is 0 Å². The van der Waals surface area contributed by atoms with E-state index in [1.165, 1.54) is 93.9 Å². The van der Waals surface area contributed by atoms with Gasteiger partial charge in [0.1, 0.15) is 0 Å². The molecular weight excluding hydrogens is 759 g/mol. The minimum atomic E-state index is 1.11. The van der Waals surface area contributed by atoms with E-state index in [-0.39, 0.29) is 0 Å². The van der Waals surface area contributed by atoms with Crippen LogP contribution in [0.15, 0.2) is 200 Å². The van der Waals surface area contributed by atoms with E-state index in [1.54, 1.807) is 0 Å². The minimum Gasteiger partial charge on any atom is -0.311 e. The Hall–Kier alpha value is -6.56. The van der Waals surface area contributed by atoms with Crippen molar-refractivity contribution in [1.82, 2.24) is 0 Å². The molecule has 0 aliphatic heterocycles. The second kappa shape index (κ2) is 13.5. The Bertz CT molecular complexity index is 3120. The Morgan fingerprint density at radius 1 is 0.224 bits per heavy atom. The lowest BCUT2D eigenvalue weighted by molar-refractivity contribution is 1.28. The summed E-state index contributed by atoms with van der Waals surface area (Å²) in [5, 5.41) is 7.94. The number of hydrogen-bond acceptors (Lipinski definition) is 4. The Morgan fingerprint density at radius 2 is 0.483 bits per heavy atom. The van der Waals surface area contributed by atoms with E-state index in [2.05, 4.69) is 205 Å². The molecular formula is C54H33NS3. The van der Waals surface area contributed by atoms with Crippen LogP contribution >= 0.6 is 34.0 Å². The number of anilines is 3. The highest BCUT2D eigenvalue weighted by molar-refractivity contribution is 7.26. The average molecular weight is 792 g/mol. The van der Waals surface area contributed by atoms with Crippen LogP contribution in [0.25, 0.3) is 93.9 Å². The summed E-state index contributed by atoms with van der Waals surface area (Å²) < 4.78 is 7.97. The van der Waals surface area contributed by atoms with Crippen molar-refractivity contribution in [3.63, 3.8) is 0 Å². The third kappa shape index (κ3) is 5.64. The highest BCUT2D eigenvalue weighted by Crippen LogP contribution is 2.42. The summed E-state index contributed by atoms with van der Waals surface area (Å²) >= 11 is 5.59. The molecule has 0 fully saturated rings. The van der Waals surface area contributed by atoms with Gasteiger partial charge in [-0.25, -0.2) is 0 Å². The first-order valence-electron chi connectivity index (χ1n) is 19.6. The van der Waals surface area contributed by atoms with Gasteiger partial charge >= 0.3 is 0 Å². The monoisotopic (exact) mass is 791 g/mol. The molecule has 4 heteroatoms. The second-order valence-corrected chi connectivity index (χ2v) is 18.2. The second-order valence-electron chi connectivity index (χ2n) is 14.9. The zero-order valence-electron chi connectivity index (χ0n) is 31.2. The molecule has 12 aromatic rings. The van der Waals surface area contributed by atoms with Crippen molar-refractivity contribution in [2.75, 3.05) is 4.90 Å². The Kier molecular flexibility index (Phi) is 7.83. The van der Waals surface area contributed by atoms with E-state index in [1.807, 2.05) is 34.0 Å². The first-order chi connectivity index (χ1) is 28.7. The molecule has 0 unspecified atom stereocenters. The molecule has 0 bridgehead atoms. The fourth-order valence-electron chi connectivity index (χ4n) is 8.57. The van der Waals surface area contributed by atoms with E-state index in [0.717, 1.165) is 17.1 Å². The Morgan fingerprint density at radius 3 is 0.793 bits per heavy atom. The summed E-state index contributed by atoms with van der Waals surface area (Å²) in [6.07, 6.45) is 0. The maximum Gasteiger partial charge on any atom is 0.0462 e. The zero-order valence-corrected chi connectivity index (χ0v) is 33.7. The lowest BCUT2D eigenvalue weighted by Gasteiger charge is -2.26. The Balaban J connectivity index is 0.923. The van der Waals surface area contributed by atoms with Crippen LogP contribution in [0.2, 0.25) is 0 Å². The van der Waals surface area contributed by atoms with Gasteiger partial charge in [0.05, 0.1) is 0 Å². The lowest BCUT2D eigenvalue weighted by Crippen LogP contribution is -2.09. The highest BCUT2D eigenvalue weighted by Gasteiger charge is 2.16. The summed E-state index contributed by atoms with van der Waals surface area (Å²) in [4.78, 5) is 2.37. The standard InChI is InChI=1S/C54H33NS3/c1-4-10-49-43(7-1)46-31-37(19-28-52(46)56-49)34-13-22-40(23-14-34)55(41-24-15-35(16-25-41)38-20-29-53-47(32-38)44-8-2-5-11-50(44)57-53)42-26-17-36(18-27-42)39-21-30-54-48(33-39)45-9-3-6-12-51(45)58-54/h1-33H. The van der Waals surface area contributed by atoms with Crippen LogP contribution in [-0.4, -0.2) is 0 Å². The van der Waals surface area contributed by atoms with Gasteiger partial charge in [0, 0.05) is 77.6 Å². The quantitative estimate of drug-likeness (QED) is 0.162. The summed E-state index contributed by atoms with van der Waals surface area (Å²) in [7, 11) is 0. The smallest absolute Gasteiger partial charge is 0.0462 e. The molecule has 0 aliphatic carbocycles. The normalized spacial score (nSPS) is 11.8. The maximum atomic E-state index is 2.37. The van der Waals surface area contributed by atoms with Gasteiger partial charge in [-0.05, 0) is 124 Å². The summed E-state index contributed by atoms with van der Waals surface area (Å²) in [5.74, 6) is 0. The van der Waals surface area contributed by atoms with Crippen molar-refractivity contribution < 1.29 is 0 Å². The fourth-order valence-corrected chi connectivity index (χ4v) is 11.8. The molecule has 9 aromatic carbocycles. The number of thiophene rings is 3. The minimum absolute atomic E-state index is 1.11. The highest BCUT2D eigenvalue weighted by atomic mass is 32.1. The van der Waals surface area contributed by atoms with Crippen molar-refractivity contribution in [3.8, 4) is 33.4 Å². The predicted octanol–water partition coefficient (Wildman–Crippen LogP) is 17.3. The first-order valence-corrected chi connectivity index (χ1v) is 22.0. The fraction of sp³-hybridized carbons (Fsp3) is 0. The molecule has 0 saturated carbocycles. The van der Waals surface area contributed by atoms with Gasteiger partial charge in [0.15, 0.2) is 0 Å². The number of rotatable bonds is 6. The Labute approximate surface area is 347 Å². The largest absolute Gasteiger partial charge is 0.311 e. The lowest BCUT2D eigenvalue weighted by atomic mass is 10.0. The molecule has 3 aromatic heterocycles. The van der Waals surface area contributed by atoms with Gasteiger partial charge in [-0.3, -0.25) is 0 Å². The maximum absolute atomic E-state index is 2.37. The molecule has 0 radical (unpaired) electrons. The average Bonchev–Trinajstić information content (AvgIpc) is 3.98. The van der Waals surface area contributed by atoms with Crippen LogP contribution in [0, 0.1) is 0 Å². The van der Waals surface area contributed by atoms with Crippen LogP contribution in [0.1, 0.15) is 0 Å². The van der Waals surface area contributed by atoms with Crippen molar-refractivity contribution in [1.29, 1.82) is 0 Å². The third-order valence-corrected chi connectivity index (χ3v) is 15.0. The van der Waals surface area contributed by atoms with Gasteiger partial charge < -0.3 is 4.90 Å². The molecule has 0 spiro atoms. The molecule has 0 aliphatic rings. The van der Waals surface area contributed by atoms with Gasteiger partial charge in [0.2, 0.25) is 0 Å². The molecule has 0 N–H and O–H groups in total. The number of nitrogens with zero attached hydrogens (tertiary/aromatic N) is 1. The van der Waals surface area contributed by atoms with E-state index in [0.29, 0.717) is 0 Å². The molecule has 0 saturated heterocycles. The van der Waals surface area contributed by atoms with Crippen LogP contribution in [0.4, 0.5) is 17.1 Å². The topological polar surface area (TPSA) is 3.24 Å². The van der Waals surface area contributed by atoms with Crippen LogP contribution in [0.5, 0.6) is 0 Å². The van der Waals surface area contributed by atoms with E-state index < -0.39 is 0 Å². The number of hydrogen-bond donors (Lipinski definition) is 0. The molecule has 0 atom stereocenters. The van der Waals surface area contributed by atoms with E-state index >= 15 is 0 Å². The molecule has 58 heavy (non-hydrogen) atoms. The van der Waals surface area contributed by atoms with Gasteiger partial charge in [-0.2, -0.15) is 0 Å². The van der Waals surface area contributed by atoms with Gasteiger partial charge in [-0.1, -0.05) is 109 Å². The summed E-state index contributed by atoms with van der Waals surface area (Å²) in [6, 6.07) is 74.0. The van der Waals surface area contributed by atoms with E-state index in [9.17, 15) is 0 Å². The molecule has 3 heterocycles. The summed E-state index contributed by atoms with van der Waals surface area (Å²) in [6.45, 7) is 0.